The van der Waals surface area contributed by atoms with Crippen molar-refractivity contribution in [2.24, 2.45) is 45.6 Å². The lowest BCUT2D eigenvalue weighted by Gasteiger charge is -2.60. The van der Waals surface area contributed by atoms with Crippen LogP contribution in [-0.2, 0) is 9.63 Å². The number of oxime groups is 1. The number of likely N-dealkylation sites (N-methyl/N-ethyl adjacent to an activating group) is 2. The minimum Gasteiger partial charge on any atom is -0.330 e. The summed E-state index contributed by atoms with van der Waals surface area (Å²) in [6.07, 6.45) is 9.72. The maximum atomic E-state index is 12.6. The molecule has 0 saturated heterocycles. The zero-order valence-electron chi connectivity index (χ0n) is 24.6. The topological polar surface area (TPSA) is 71.0 Å². The van der Waals surface area contributed by atoms with Crippen LogP contribution < -0.4 is 5.32 Å². The van der Waals surface area contributed by atoms with Gasteiger partial charge in [0.05, 0.1) is 33.4 Å². The molecule has 0 aromatic carbocycles. The molecule has 7 heteroatoms. The van der Waals surface area contributed by atoms with Gasteiger partial charge in [-0.05, 0) is 86.4 Å². The molecule has 4 rings (SSSR count). The highest BCUT2D eigenvalue weighted by molar-refractivity contribution is 5.85. The third-order valence-corrected chi connectivity index (χ3v) is 11.1. The van der Waals surface area contributed by atoms with Crippen LogP contribution in [0.25, 0.3) is 0 Å². The van der Waals surface area contributed by atoms with Crippen LogP contribution in [-0.4, -0.2) is 81.3 Å². The van der Waals surface area contributed by atoms with Gasteiger partial charge in [0, 0.05) is 45.4 Å². The van der Waals surface area contributed by atoms with Crippen LogP contribution in [0.1, 0.15) is 78.6 Å². The minimum absolute atomic E-state index is 0.232. The van der Waals surface area contributed by atoms with Crippen LogP contribution in [0.3, 0.4) is 0 Å². The van der Waals surface area contributed by atoms with Gasteiger partial charge in [0.25, 0.3) is 0 Å². The summed E-state index contributed by atoms with van der Waals surface area (Å²) in [6, 6.07) is 0. The quantitative estimate of drug-likeness (QED) is 0.163. The van der Waals surface area contributed by atoms with Crippen LogP contribution in [0, 0.1) is 40.4 Å². The highest BCUT2D eigenvalue weighted by Gasteiger charge is 2.60. The van der Waals surface area contributed by atoms with Crippen LogP contribution in [0.2, 0.25) is 0 Å². The van der Waals surface area contributed by atoms with Gasteiger partial charge in [-0.15, -0.1) is 0 Å². The number of amides is 1. The van der Waals surface area contributed by atoms with Gasteiger partial charge >= 0.3 is 6.09 Å². The Balaban J connectivity index is 1.31. The fourth-order valence-electron chi connectivity index (χ4n) is 8.85. The van der Waals surface area contributed by atoms with Crippen molar-refractivity contribution >= 4 is 17.6 Å². The molecule has 0 unspecified atom stereocenters. The van der Waals surface area contributed by atoms with Crippen molar-refractivity contribution in [3.63, 3.8) is 0 Å². The van der Waals surface area contributed by atoms with E-state index in [4.69, 9.17) is 4.84 Å². The molecule has 0 bridgehead atoms. The van der Waals surface area contributed by atoms with E-state index in [1.54, 1.807) is 11.9 Å². The second-order valence-electron chi connectivity index (χ2n) is 14.3. The number of nitrogens with one attached hydrogen (secondary N) is 1. The molecule has 4 saturated carbocycles. The number of carbonyl (C=O) groups excluding carboxylic acids is 2. The number of nitrogens with zero attached hydrogens (tertiary/aromatic N) is 3. The molecule has 37 heavy (non-hydrogen) atoms. The van der Waals surface area contributed by atoms with Crippen LogP contribution in [0.5, 0.6) is 0 Å². The standard InChI is InChI=1S/C30H53N4O3/c1-21(32-37-28(36)33(4)18-16-31-17-19-34(5,6)7)25-10-11-26-24-9-8-22-20-23(35)12-14-29(22,2)27(24)13-15-30(25,26)3/h22,24-27,31H,8-20H2,1-7H3/q+1/b32-21+/t22-,24+,25-,26+,27+,29+,30-/m1/s1. The van der Waals surface area contributed by atoms with Crippen molar-refractivity contribution in [2.45, 2.75) is 78.6 Å². The average Bonchev–Trinajstić information content (AvgIpc) is 3.19. The summed E-state index contributed by atoms with van der Waals surface area (Å²) in [4.78, 5) is 31.8. The van der Waals surface area contributed by atoms with Gasteiger partial charge in [0.2, 0.25) is 0 Å². The van der Waals surface area contributed by atoms with E-state index in [9.17, 15) is 9.59 Å². The predicted octanol–water partition coefficient (Wildman–Crippen LogP) is 4.95. The molecule has 0 radical (unpaired) electrons. The molecule has 1 amide bonds. The second-order valence-corrected chi connectivity index (χ2v) is 14.3. The van der Waals surface area contributed by atoms with E-state index in [-0.39, 0.29) is 11.5 Å². The van der Waals surface area contributed by atoms with Gasteiger partial charge < -0.3 is 14.7 Å². The third kappa shape index (κ3) is 5.93. The van der Waals surface area contributed by atoms with E-state index >= 15 is 0 Å². The molecule has 0 aromatic heterocycles. The molecule has 4 fully saturated rings. The molecule has 210 valence electrons. The van der Waals surface area contributed by atoms with Gasteiger partial charge in [0.15, 0.2) is 0 Å². The minimum atomic E-state index is -0.380. The number of ketones is 1. The molecule has 0 aromatic rings. The molecule has 7 nitrogen and oxygen atoms in total. The summed E-state index contributed by atoms with van der Waals surface area (Å²) in [5.41, 5.74) is 1.56. The van der Waals surface area contributed by atoms with Gasteiger partial charge in [0.1, 0.15) is 5.78 Å². The van der Waals surface area contributed by atoms with Gasteiger partial charge in [-0.2, -0.15) is 0 Å². The van der Waals surface area contributed by atoms with Gasteiger partial charge in [-0.3, -0.25) is 9.63 Å². The fraction of sp³-hybridized carbons (Fsp3) is 0.900. The Bertz CT molecular complexity index is 883. The predicted molar refractivity (Wildman–Crippen MR) is 148 cm³/mol. The Kier molecular flexibility index (Phi) is 8.45. The van der Waals surface area contributed by atoms with Crippen molar-refractivity contribution in [2.75, 3.05) is 54.4 Å². The molecule has 0 aliphatic heterocycles. The summed E-state index contributed by atoms with van der Waals surface area (Å²) >= 11 is 0. The summed E-state index contributed by atoms with van der Waals surface area (Å²) in [5.74, 6) is 3.72. The zero-order valence-corrected chi connectivity index (χ0v) is 24.6. The highest BCUT2D eigenvalue weighted by Crippen LogP contribution is 2.67. The van der Waals surface area contributed by atoms with Crippen molar-refractivity contribution in [3.05, 3.63) is 0 Å². The van der Waals surface area contributed by atoms with E-state index in [0.29, 0.717) is 35.5 Å². The van der Waals surface area contributed by atoms with Gasteiger partial charge in [-0.25, -0.2) is 4.79 Å². The number of hydrogen-bond acceptors (Lipinski definition) is 5. The molecule has 4 aliphatic carbocycles. The van der Waals surface area contributed by atoms with Crippen LogP contribution >= 0.6 is 0 Å². The Hall–Kier alpha value is -1.47. The molecule has 0 heterocycles. The third-order valence-electron chi connectivity index (χ3n) is 11.1. The van der Waals surface area contributed by atoms with E-state index in [2.05, 4.69) is 52.4 Å². The van der Waals surface area contributed by atoms with E-state index in [1.807, 2.05) is 0 Å². The number of fused-ring (bicyclic) bond motifs is 5. The molecular weight excluding hydrogens is 464 g/mol. The molecule has 0 spiro atoms. The number of hydrogen-bond donors (Lipinski definition) is 1. The molecule has 7 atom stereocenters. The van der Waals surface area contributed by atoms with Gasteiger partial charge in [-0.1, -0.05) is 19.0 Å². The average molecular weight is 518 g/mol. The van der Waals surface area contributed by atoms with Crippen molar-refractivity contribution in [1.82, 2.24) is 10.2 Å². The van der Waals surface area contributed by atoms with Crippen LogP contribution in [0.4, 0.5) is 4.79 Å². The fourth-order valence-corrected chi connectivity index (χ4v) is 8.85. The van der Waals surface area contributed by atoms with E-state index < -0.39 is 0 Å². The van der Waals surface area contributed by atoms with Crippen molar-refractivity contribution in [3.8, 4) is 0 Å². The molecule has 1 N–H and O–H groups in total. The lowest BCUT2D eigenvalue weighted by Crippen LogP contribution is -2.53. The Morgan fingerprint density at radius 2 is 1.78 bits per heavy atom. The van der Waals surface area contributed by atoms with E-state index in [1.165, 1.54) is 32.1 Å². The Morgan fingerprint density at radius 3 is 2.51 bits per heavy atom. The number of rotatable bonds is 8. The highest BCUT2D eigenvalue weighted by atomic mass is 16.7. The second kappa shape index (κ2) is 11.0. The Labute approximate surface area is 225 Å². The maximum Gasteiger partial charge on any atom is 0.435 e. The monoisotopic (exact) mass is 517 g/mol. The Morgan fingerprint density at radius 1 is 1.05 bits per heavy atom. The summed E-state index contributed by atoms with van der Waals surface area (Å²) in [5, 5.41) is 7.80. The number of Topliss-reactive ketones (excluding diaryl/α,β-unsaturated/α-hetero) is 1. The molecular formula is C30H53N4O3+. The first-order chi connectivity index (χ1) is 17.3. The lowest BCUT2D eigenvalue weighted by molar-refractivity contribution is -0.869. The SMILES string of the molecule is C/C(=N\OC(=O)N(C)CCNCC[N+](C)(C)C)[C@H]1CC[C@H]2[C@@H]3CC[C@@H]4CC(=O)CC[C@]4(C)[C@H]3CC[C@]12C. The maximum absolute atomic E-state index is 12.6. The first-order valence-corrected chi connectivity index (χ1v) is 14.8. The zero-order chi connectivity index (χ0) is 27.0. The van der Waals surface area contributed by atoms with E-state index in [0.717, 1.165) is 67.3 Å². The molecule has 4 aliphatic rings. The lowest BCUT2D eigenvalue weighted by atomic mass is 9.44. The van der Waals surface area contributed by atoms with Crippen LogP contribution in [0.15, 0.2) is 5.16 Å². The number of carbonyl (C=O) groups is 2. The first kappa shape index (κ1) is 28.5. The smallest absolute Gasteiger partial charge is 0.330 e. The first-order valence-electron chi connectivity index (χ1n) is 14.8. The largest absolute Gasteiger partial charge is 0.435 e. The van der Waals surface area contributed by atoms with Crippen molar-refractivity contribution < 1.29 is 18.9 Å². The summed E-state index contributed by atoms with van der Waals surface area (Å²) < 4.78 is 0.919. The van der Waals surface area contributed by atoms with Crippen molar-refractivity contribution in [1.29, 1.82) is 0 Å². The summed E-state index contributed by atoms with van der Waals surface area (Å²) in [6.45, 7) is 10.4. The number of quaternary nitrogens is 1. The summed E-state index contributed by atoms with van der Waals surface area (Å²) in [7, 11) is 8.30. The normalized spacial score (nSPS) is 38.0.